The van der Waals surface area contributed by atoms with Gasteiger partial charge in [0.05, 0.1) is 5.92 Å². The molecule has 1 fully saturated rings. The van der Waals surface area contributed by atoms with Crippen molar-refractivity contribution in [3.05, 3.63) is 35.1 Å². The number of hydrogen-bond donors (Lipinski definition) is 3. The van der Waals surface area contributed by atoms with Crippen molar-refractivity contribution >= 4 is 17.9 Å². The van der Waals surface area contributed by atoms with Crippen molar-refractivity contribution in [2.24, 2.45) is 11.8 Å². The van der Waals surface area contributed by atoms with E-state index in [1.165, 1.54) is 25.1 Å². The van der Waals surface area contributed by atoms with Crippen molar-refractivity contribution in [2.45, 2.75) is 39.7 Å². The second kappa shape index (κ2) is 9.52. The maximum Gasteiger partial charge on any atom is 0.330 e. The molecular formula is C20H28FN3O4. The maximum atomic E-state index is 13.5. The summed E-state index contributed by atoms with van der Waals surface area (Å²) in [7, 11) is 0. The lowest BCUT2D eigenvalue weighted by molar-refractivity contribution is -0.143. The first-order valence-electron chi connectivity index (χ1n) is 9.51. The number of aryl methyl sites for hydroxylation is 1. The quantitative estimate of drug-likeness (QED) is 0.691. The van der Waals surface area contributed by atoms with E-state index in [9.17, 15) is 23.9 Å². The fraction of sp³-hybridized carbons (Fsp3) is 0.550. The molecule has 154 valence electrons. The summed E-state index contributed by atoms with van der Waals surface area (Å²) >= 11 is 0. The molecule has 2 rings (SSSR count). The first-order valence-corrected chi connectivity index (χ1v) is 9.51. The zero-order valence-corrected chi connectivity index (χ0v) is 16.5. The summed E-state index contributed by atoms with van der Waals surface area (Å²) in [5, 5.41) is 14.9. The predicted molar refractivity (Wildman–Crippen MR) is 102 cm³/mol. The topological polar surface area (TPSA) is 98.7 Å². The van der Waals surface area contributed by atoms with E-state index >= 15 is 0 Å². The summed E-state index contributed by atoms with van der Waals surface area (Å²) in [5.41, 5.74) is 0.616. The number of hydrogen-bond acceptors (Lipinski definition) is 3. The Hall–Kier alpha value is -2.64. The lowest BCUT2D eigenvalue weighted by Gasteiger charge is -2.32. The number of urea groups is 1. The SMILES string of the molecule is Cc1cc(C(NC(=O)C2CCCN(C(=O)NCC(C)C)C2)C(=O)O)ccc1F. The Balaban J connectivity index is 2.03. The minimum absolute atomic E-state index is 0.213. The molecule has 0 bridgehead atoms. The van der Waals surface area contributed by atoms with Gasteiger partial charge in [-0.15, -0.1) is 0 Å². The summed E-state index contributed by atoms with van der Waals surface area (Å²) in [6.45, 7) is 6.88. The van der Waals surface area contributed by atoms with E-state index in [0.29, 0.717) is 43.0 Å². The summed E-state index contributed by atoms with van der Waals surface area (Å²) in [4.78, 5) is 38.2. The third kappa shape index (κ3) is 5.68. The summed E-state index contributed by atoms with van der Waals surface area (Å²) in [5.74, 6) is -2.24. The molecule has 1 aliphatic rings. The van der Waals surface area contributed by atoms with E-state index in [-0.39, 0.29) is 12.6 Å². The number of likely N-dealkylation sites (tertiary alicyclic amines) is 1. The molecule has 1 aromatic rings. The van der Waals surface area contributed by atoms with Crippen LogP contribution in [-0.4, -0.2) is 47.5 Å². The highest BCUT2D eigenvalue weighted by Gasteiger charge is 2.31. The molecule has 2 unspecified atom stereocenters. The molecule has 1 aromatic carbocycles. The molecule has 1 saturated heterocycles. The molecule has 8 heteroatoms. The minimum Gasteiger partial charge on any atom is -0.479 e. The molecule has 3 N–H and O–H groups in total. The average Bonchev–Trinajstić information content (AvgIpc) is 2.66. The number of carbonyl (C=O) groups excluding carboxylic acids is 2. The van der Waals surface area contributed by atoms with E-state index in [4.69, 9.17) is 0 Å². The number of nitrogens with zero attached hydrogens (tertiary/aromatic N) is 1. The van der Waals surface area contributed by atoms with Crippen molar-refractivity contribution in [2.75, 3.05) is 19.6 Å². The van der Waals surface area contributed by atoms with Crippen LogP contribution in [0.15, 0.2) is 18.2 Å². The summed E-state index contributed by atoms with van der Waals surface area (Å²) < 4.78 is 13.5. The molecule has 0 aliphatic carbocycles. The number of amides is 3. The summed E-state index contributed by atoms with van der Waals surface area (Å²) in [6.07, 6.45) is 1.25. The smallest absolute Gasteiger partial charge is 0.330 e. The maximum absolute atomic E-state index is 13.5. The van der Waals surface area contributed by atoms with Gasteiger partial charge < -0.3 is 20.6 Å². The molecule has 1 aliphatic heterocycles. The number of piperidine rings is 1. The highest BCUT2D eigenvalue weighted by atomic mass is 19.1. The Morgan fingerprint density at radius 1 is 1.32 bits per heavy atom. The van der Waals surface area contributed by atoms with E-state index in [0.717, 1.165) is 0 Å². The van der Waals surface area contributed by atoms with Crippen molar-refractivity contribution in [1.29, 1.82) is 0 Å². The zero-order chi connectivity index (χ0) is 20.8. The molecule has 2 atom stereocenters. The van der Waals surface area contributed by atoms with E-state index in [2.05, 4.69) is 10.6 Å². The molecule has 28 heavy (non-hydrogen) atoms. The number of carboxylic acid groups (broad SMARTS) is 1. The largest absolute Gasteiger partial charge is 0.479 e. The second-order valence-electron chi connectivity index (χ2n) is 7.65. The van der Waals surface area contributed by atoms with Crippen LogP contribution in [0.2, 0.25) is 0 Å². The molecule has 1 heterocycles. The van der Waals surface area contributed by atoms with E-state index in [1.807, 2.05) is 13.8 Å². The molecule has 3 amide bonds. The van der Waals surface area contributed by atoms with Crippen LogP contribution >= 0.6 is 0 Å². The van der Waals surface area contributed by atoms with Crippen molar-refractivity contribution in [3.63, 3.8) is 0 Å². The average molecular weight is 393 g/mol. The third-order valence-corrected chi connectivity index (χ3v) is 4.79. The Morgan fingerprint density at radius 2 is 2.04 bits per heavy atom. The van der Waals surface area contributed by atoms with Gasteiger partial charge in [-0.2, -0.15) is 0 Å². The van der Waals surface area contributed by atoms with Crippen molar-refractivity contribution < 1.29 is 23.9 Å². The molecule has 0 spiro atoms. The molecule has 0 radical (unpaired) electrons. The van der Waals surface area contributed by atoms with Gasteiger partial charge in [-0.1, -0.05) is 26.0 Å². The van der Waals surface area contributed by atoms with Gasteiger partial charge in [0.15, 0.2) is 6.04 Å². The molecule has 7 nitrogen and oxygen atoms in total. The monoisotopic (exact) mass is 393 g/mol. The number of rotatable bonds is 6. The van der Waals surface area contributed by atoms with Gasteiger partial charge >= 0.3 is 12.0 Å². The normalized spacial score (nSPS) is 17.9. The van der Waals surface area contributed by atoms with E-state index in [1.54, 1.807) is 4.90 Å². The van der Waals surface area contributed by atoms with Gasteiger partial charge in [-0.3, -0.25) is 4.79 Å². The van der Waals surface area contributed by atoms with Gasteiger partial charge in [0, 0.05) is 19.6 Å². The zero-order valence-electron chi connectivity index (χ0n) is 16.5. The first-order chi connectivity index (χ1) is 13.2. The first kappa shape index (κ1) is 21.7. The lowest BCUT2D eigenvalue weighted by atomic mass is 9.96. The number of nitrogens with one attached hydrogen (secondary N) is 2. The lowest BCUT2D eigenvalue weighted by Crippen LogP contribution is -2.50. The van der Waals surface area contributed by atoms with Crippen LogP contribution in [0.3, 0.4) is 0 Å². The number of carbonyl (C=O) groups is 3. The van der Waals surface area contributed by atoms with Crippen LogP contribution in [0.25, 0.3) is 0 Å². The fourth-order valence-electron chi connectivity index (χ4n) is 3.17. The van der Waals surface area contributed by atoms with Crippen molar-refractivity contribution in [3.8, 4) is 0 Å². The van der Waals surface area contributed by atoms with Gasteiger partial charge in [0.1, 0.15) is 5.82 Å². The van der Waals surface area contributed by atoms with Gasteiger partial charge in [0.25, 0.3) is 0 Å². The highest BCUT2D eigenvalue weighted by Crippen LogP contribution is 2.21. The van der Waals surface area contributed by atoms with Crippen LogP contribution < -0.4 is 10.6 Å². The minimum atomic E-state index is -1.27. The molecule has 0 saturated carbocycles. The van der Waals surface area contributed by atoms with E-state index < -0.39 is 29.7 Å². The van der Waals surface area contributed by atoms with Gasteiger partial charge in [0.2, 0.25) is 5.91 Å². The number of halogens is 1. The van der Waals surface area contributed by atoms with Crippen molar-refractivity contribution in [1.82, 2.24) is 15.5 Å². The third-order valence-electron chi connectivity index (χ3n) is 4.79. The van der Waals surface area contributed by atoms with Gasteiger partial charge in [-0.05, 0) is 42.9 Å². The fourth-order valence-corrected chi connectivity index (χ4v) is 3.17. The Labute approximate surface area is 164 Å². The van der Waals surface area contributed by atoms with Crippen LogP contribution in [0.5, 0.6) is 0 Å². The number of carboxylic acids is 1. The predicted octanol–water partition coefficient (Wildman–Crippen LogP) is 2.45. The van der Waals surface area contributed by atoms with Crippen LogP contribution in [0.4, 0.5) is 9.18 Å². The van der Waals surface area contributed by atoms with Crippen LogP contribution in [-0.2, 0) is 9.59 Å². The molecular weight excluding hydrogens is 365 g/mol. The standard InChI is InChI=1S/C20H28FN3O4/c1-12(2)10-22-20(28)24-8-4-5-15(11-24)18(25)23-17(19(26)27)14-6-7-16(21)13(3)9-14/h6-7,9,12,15,17H,4-5,8,10-11H2,1-3H3,(H,22,28)(H,23,25)(H,26,27). The van der Waals surface area contributed by atoms with Gasteiger partial charge in [-0.25, -0.2) is 14.0 Å². The Bertz CT molecular complexity index is 738. The van der Waals surface area contributed by atoms with Crippen LogP contribution in [0, 0.1) is 24.6 Å². The Kier molecular flexibility index (Phi) is 7.37. The molecule has 0 aromatic heterocycles. The Morgan fingerprint density at radius 3 is 2.64 bits per heavy atom. The van der Waals surface area contributed by atoms with Crippen LogP contribution in [0.1, 0.15) is 43.9 Å². The highest BCUT2D eigenvalue weighted by molar-refractivity contribution is 5.86. The summed E-state index contributed by atoms with van der Waals surface area (Å²) in [6, 6.07) is 2.48. The number of aliphatic carboxylic acids is 1. The number of benzene rings is 1. The second-order valence-corrected chi connectivity index (χ2v) is 7.65.